The molecular formula is C16H24N2O2. The van der Waals surface area contributed by atoms with Crippen LogP contribution in [0, 0.1) is 5.92 Å². The number of nitrogens with two attached hydrogens (primary N) is 1. The van der Waals surface area contributed by atoms with E-state index >= 15 is 0 Å². The first kappa shape index (κ1) is 14.9. The van der Waals surface area contributed by atoms with Crippen molar-refractivity contribution in [2.45, 2.75) is 32.6 Å². The minimum atomic E-state index is 0.160. The Morgan fingerprint density at radius 2 is 2.30 bits per heavy atom. The molecule has 110 valence electrons. The lowest BCUT2D eigenvalue weighted by molar-refractivity contribution is -0.119. The first-order valence-corrected chi connectivity index (χ1v) is 7.37. The topological polar surface area (TPSA) is 55.6 Å². The molecule has 1 aliphatic rings. The van der Waals surface area contributed by atoms with Crippen LogP contribution in [0.15, 0.2) is 18.2 Å². The van der Waals surface area contributed by atoms with Crippen molar-refractivity contribution < 1.29 is 9.53 Å². The largest absolute Gasteiger partial charge is 0.495 e. The Morgan fingerprint density at radius 3 is 2.95 bits per heavy atom. The van der Waals surface area contributed by atoms with Crippen LogP contribution in [0.4, 0.5) is 5.69 Å². The van der Waals surface area contributed by atoms with Gasteiger partial charge in [0, 0.05) is 13.0 Å². The number of fused-ring (bicyclic) bond motifs is 1. The highest BCUT2D eigenvalue weighted by molar-refractivity contribution is 5.96. The first-order chi connectivity index (χ1) is 9.71. The van der Waals surface area contributed by atoms with Crippen molar-refractivity contribution in [1.82, 2.24) is 0 Å². The quantitative estimate of drug-likeness (QED) is 0.898. The molecule has 20 heavy (non-hydrogen) atoms. The van der Waals surface area contributed by atoms with E-state index in [9.17, 15) is 4.79 Å². The third kappa shape index (κ3) is 2.96. The van der Waals surface area contributed by atoms with Crippen LogP contribution in [-0.2, 0) is 11.2 Å². The number of carbonyl (C=O) groups is 1. The molecular weight excluding hydrogens is 252 g/mol. The van der Waals surface area contributed by atoms with Crippen LogP contribution in [0.1, 0.15) is 31.7 Å². The smallest absolute Gasteiger partial charge is 0.227 e. The van der Waals surface area contributed by atoms with Gasteiger partial charge < -0.3 is 15.4 Å². The van der Waals surface area contributed by atoms with Gasteiger partial charge in [-0.25, -0.2) is 0 Å². The van der Waals surface area contributed by atoms with Crippen molar-refractivity contribution in [1.29, 1.82) is 0 Å². The highest BCUT2D eigenvalue weighted by Gasteiger charge is 2.26. The van der Waals surface area contributed by atoms with E-state index in [1.807, 2.05) is 17.0 Å². The van der Waals surface area contributed by atoms with Gasteiger partial charge in [0.15, 0.2) is 0 Å². The zero-order valence-corrected chi connectivity index (χ0v) is 12.4. The second-order valence-corrected chi connectivity index (χ2v) is 5.33. The Morgan fingerprint density at radius 1 is 1.50 bits per heavy atom. The van der Waals surface area contributed by atoms with E-state index < -0.39 is 0 Å². The van der Waals surface area contributed by atoms with Gasteiger partial charge in [-0.2, -0.15) is 0 Å². The lowest BCUT2D eigenvalue weighted by Gasteiger charge is -2.31. The number of carbonyl (C=O) groups excluding carboxylic acids is 1. The number of nitrogens with zero attached hydrogens (tertiary/aromatic N) is 1. The summed E-state index contributed by atoms with van der Waals surface area (Å²) in [5.74, 6) is 1.21. The summed E-state index contributed by atoms with van der Waals surface area (Å²) in [5, 5.41) is 0. The zero-order valence-electron chi connectivity index (χ0n) is 12.4. The number of para-hydroxylation sites is 1. The molecule has 1 aromatic rings. The molecule has 4 nitrogen and oxygen atoms in total. The number of amides is 1. The summed E-state index contributed by atoms with van der Waals surface area (Å²) in [6, 6.07) is 5.99. The average molecular weight is 276 g/mol. The molecule has 1 unspecified atom stereocenters. The number of hydrogen-bond donors (Lipinski definition) is 1. The standard InChI is InChI=1S/C16H24N2O2/c1-3-12(11-17)10-15(19)18-9-5-7-13-6-4-8-14(20-2)16(13)18/h4,6,8,12H,3,5,7,9-11,17H2,1-2H3. The normalized spacial score (nSPS) is 15.7. The Hall–Kier alpha value is -1.55. The van der Waals surface area contributed by atoms with E-state index in [1.165, 1.54) is 5.56 Å². The van der Waals surface area contributed by atoms with Gasteiger partial charge in [0.2, 0.25) is 5.91 Å². The van der Waals surface area contributed by atoms with Gasteiger partial charge in [-0.3, -0.25) is 4.79 Å². The number of aryl methyl sites for hydroxylation is 1. The monoisotopic (exact) mass is 276 g/mol. The molecule has 0 saturated carbocycles. The highest BCUT2D eigenvalue weighted by atomic mass is 16.5. The molecule has 0 aromatic heterocycles. The fourth-order valence-electron chi connectivity index (χ4n) is 2.78. The molecule has 0 bridgehead atoms. The number of hydrogen-bond acceptors (Lipinski definition) is 3. The van der Waals surface area contributed by atoms with Crippen molar-refractivity contribution in [3.05, 3.63) is 23.8 Å². The molecule has 2 N–H and O–H groups in total. The van der Waals surface area contributed by atoms with Gasteiger partial charge in [-0.05, 0) is 36.9 Å². The minimum Gasteiger partial charge on any atom is -0.495 e. The third-order valence-electron chi connectivity index (χ3n) is 4.08. The molecule has 0 radical (unpaired) electrons. The molecule has 0 saturated heterocycles. The van der Waals surface area contributed by atoms with Gasteiger partial charge in [0.05, 0.1) is 12.8 Å². The second kappa shape index (κ2) is 6.75. The molecule has 1 heterocycles. The number of methoxy groups -OCH3 is 1. The van der Waals surface area contributed by atoms with Crippen LogP contribution >= 0.6 is 0 Å². The van der Waals surface area contributed by atoms with E-state index in [1.54, 1.807) is 7.11 Å². The summed E-state index contributed by atoms with van der Waals surface area (Å²) in [7, 11) is 1.65. The molecule has 0 aliphatic carbocycles. The van der Waals surface area contributed by atoms with Crippen LogP contribution in [0.25, 0.3) is 0 Å². The van der Waals surface area contributed by atoms with E-state index in [-0.39, 0.29) is 11.8 Å². The van der Waals surface area contributed by atoms with Crippen molar-refractivity contribution >= 4 is 11.6 Å². The zero-order chi connectivity index (χ0) is 14.5. The Labute approximate surface area is 120 Å². The Kier molecular flexibility index (Phi) is 5.01. The van der Waals surface area contributed by atoms with Crippen LogP contribution in [0.2, 0.25) is 0 Å². The summed E-state index contributed by atoms with van der Waals surface area (Å²) >= 11 is 0. The van der Waals surface area contributed by atoms with E-state index in [2.05, 4.69) is 13.0 Å². The van der Waals surface area contributed by atoms with Gasteiger partial charge >= 0.3 is 0 Å². The fraction of sp³-hybridized carbons (Fsp3) is 0.562. The summed E-state index contributed by atoms with van der Waals surface area (Å²) in [6.07, 6.45) is 3.47. The van der Waals surface area contributed by atoms with E-state index in [4.69, 9.17) is 10.5 Å². The van der Waals surface area contributed by atoms with Crippen molar-refractivity contribution in [2.75, 3.05) is 25.1 Å². The fourth-order valence-corrected chi connectivity index (χ4v) is 2.78. The average Bonchev–Trinajstić information content (AvgIpc) is 2.51. The molecule has 1 amide bonds. The summed E-state index contributed by atoms with van der Waals surface area (Å²) in [4.78, 5) is 14.5. The van der Waals surface area contributed by atoms with E-state index in [0.29, 0.717) is 13.0 Å². The number of rotatable bonds is 5. The number of anilines is 1. The SMILES string of the molecule is CCC(CN)CC(=O)N1CCCc2cccc(OC)c21. The van der Waals surface area contributed by atoms with Gasteiger partial charge in [0.1, 0.15) is 5.75 Å². The van der Waals surface area contributed by atoms with Gasteiger partial charge in [0.25, 0.3) is 0 Å². The molecule has 4 heteroatoms. The second-order valence-electron chi connectivity index (χ2n) is 5.33. The third-order valence-corrected chi connectivity index (χ3v) is 4.08. The van der Waals surface area contributed by atoms with Crippen LogP contribution in [-0.4, -0.2) is 26.1 Å². The molecule has 1 aliphatic heterocycles. The maximum Gasteiger partial charge on any atom is 0.227 e. The van der Waals surface area contributed by atoms with Crippen molar-refractivity contribution in [3.8, 4) is 5.75 Å². The lowest BCUT2D eigenvalue weighted by Crippen LogP contribution is -2.37. The Bertz CT molecular complexity index is 455. The van der Waals surface area contributed by atoms with Crippen LogP contribution in [0.5, 0.6) is 5.75 Å². The van der Waals surface area contributed by atoms with Gasteiger partial charge in [-0.15, -0.1) is 0 Å². The lowest BCUT2D eigenvalue weighted by atomic mass is 9.98. The van der Waals surface area contributed by atoms with Crippen LogP contribution in [0.3, 0.4) is 0 Å². The van der Waals surface area contributed by atoms with Gasteiger partial charge in [-0.1, -0.05) is 25.5 Å². The number of ether oxygens (including phenoxy) is 1. The van der Waals surface area contributed by atoms with E-state index in [0.717, 1.165) is 37.2 Å². The molecule has 1 aromatic carbocycles. The predicted octanol–water partition coefficient (Wildman–Crippen LogP) is 2.35. The highest BCUT2D eigenvalue weighted by Crippen LogP contribution is 2.36. The molecule has 1 atom stereocenters. The molecule has 0 fully saturated rings. The maximum absolute atomic E-state index is 12.6. The molecule has 2 rings (SSSR count). The minimum absolute atomic E-state index is 0.160. The maximum atomic E-state index is 12.6. The molecule has 0 spiro atoms. The van der Waals surface area contributed by atoms with Crippen molar-refractivity contribution in [2.24, 2.45) is 11.7 Å². The number of benzene rings is 1. The summed E-state index contributed by atoms with van der Waals surface area (Å²) in [6.45, 7) is 3.41. The van der Waals surface area contributed by atoms with Crippen LogP contribution < -0.4 is 15.4 Å². The summed E-state index contributed by atoms with van der Waals surface area (Å²) < 4.78 is 5.43. The van der Waals surface area contributed by atoms with Crippen molar-refractivity contribution in [3.63, 3.8) is 0 Å². The predicted molar refractivity (Wildman–Crippen MR) is 81.1 cm³/mol. The first-order valence-electron chi connectivity index (χ1n) is 7.37. The summed E-state index contributed by atoms with van der Waals surface area (Å²) in [5.41, 5.74) is 7.87. The Balaban J connectivity index is 2.25.